The SMILES string of the molecule is CCNC(C)(C#N)CC(C)Oc1ccc2c(c1)OCO2. The Balaban J connectivity index is 1.98. The van der Waals surface area contributed by atoms with Gasteiger partial charge in [0.15, 0.2) is 11.5 Å². The molecule has 1 N–H and O–H groups in total. The molecule has 20 heavy (non-hydrogen) atoms. The van der Waals surface area contributed by atoms with Gasteiger partial charge in [-0.15, -0.1) is 0 Å². The van der Waals surface area contributed by atoms with E-state index in [4.69, 9.17) is 14.2 Å². The standard InChI is InChI=1S/C15H20N2O3/c1-4-17-15(3,9-16)8-11(2)20-12-5-6-13-14(7-12)19-10-18-13/h5-7,11,17H,4,8,10H2,1-3H3. The number of hydrogen-bond acceptors (Lipinski definition) is 5. The first-order chi connectivity index (χ1) is 9.56. The third-order valence-electron chi connectivity index (χ3n) is 3.19. The molecular formula is C15H20N2O3. The Hall–Kier alpha value is -1.93. The molecule has 2 unspecified atom stereocenters. The predicted molar refractivity (Wildman–Crippen MR) is 75.0 cm³/mol. The molecule has 1 aliphatic rings. The Bertz CT molecular complexity index is 512. The molecule has 0 aromatic heterocycles. The summed E-state index contributed by atoms with van der Waals surface area (Å²) in [6.07, 6.45) is 0.519. The Kier molecular flexibility index (Phi) is 4.35. The van der Waals surface area contributed by atoms with Gasteiger partial charge in [-0.3, -0.25) is 5.32 Å². The summed E-state index contributed by atoms with van der Waals surface area (Å²) in [5.41, 5.74) is -0.579. The van der Waals surface area contributed by atoms with Crippen LogP contribution in [0.1, 0.15) is 27.2 Å². The van der Waals surface area contributed by atoms with Crippen LogP contribution in [0.4, 0.5) is 0 Å². The van der Waals surface area contributed by atoms with Gasteiger partial charge >= 0.3 is 0 Å². The summed E-state index contributed by atoms with van der Waals surface area (Å²) in [4.78, 5) is 0. The summed E-state index contributed by atoms with van der Waals surface area (Å²) in [6.45, 7) is 6.83. The molecule has 108 valence electrons. The van der Waals surface area contributed by atoms with E-state index >= 15 is 0 Å². The summed E-state index contributed by atoms with van der Waals surface area (Å²) >= 11 is 0. The first kappa shape index (κ1) is 14.5. The Morgan fingerprint density at radius 1 is 1.45 bits per heavy atom. The van der Waals surface area contributed by atoms with E-state index < -0.39 is 5.54 Å². The highest BCUT2D eigenvalue weighted by Crippen LogP contribution is 2.35. The number of hydrogen-bond donors (Lipinski definition) is 1. The molecule has 5 heteroatoms. The number of rotatable bonds is 6. The average Bonchev–Trinajstić information content (AvgIpc) is 2.86. The fourth-order valence-electron chi connectivity index (χ4n) is 2.35. The van der Waals surface area contributed by atoms with Crippen LogP contribution in [-0.4, -0.2) is 25.0 Å². The first-order valence-electron chi connectivity index (χ1n) is 6.79. The highest BCUT2D eigenvalue weighted by molar-refractivity contribution is 5.46. The largest absolute Gasteiger partial charge is 0.490 e. The van der Waals surface area contributed by atoms with Crippen molar-refractivity contribution < 1.29 is 14.2 Å². The summed E-state index contributed by atoms with van der Waals surface area (Å²) in [7, 11) is 0. The van der Waals surface area contributed by atoms with E-state index in [-0.39, 0.29) is 12.9 Å². The molecule has 1 heterocycles. The molecule has 1 aliphatic heterocycles. The molecule has 2 rings (SSSR count). The van der Waals surface area contributed by atoms with Crippen LogP contribution >= 0.6 is 0 Å². The number of nitrogens with one attached hydrogen (secondary N) is 1. The van der Waals surface area contributed by atoms with E-state index in [0.717, 1.165) is 18.0 Å². The molecule has 0 spiro atoms. The Morgan fingerprint density at radius 2 is 2.20 bits per heavy atom. The molecule has 0 saturated heterocycles. The van der Waals surface area contributed by atoms with Crippen molar-refractivity contribution in [1.82, 2.24) is 5.32 Å². The Morgan fingerprint density at radius 3 is 2.90 bits per heavy atom. The zero-order valence-electron chi connectivity index (χ0n) is 12.1. The zero-order valence-corrected chi connectivity index (χ0v) is 12.1. The van der Waals surface area contributed by atoms with Gasteiger partial charge in [-0.05, 0) is 32.5 Å². The lowest BCUT2D eigenvalue weighted by Crippen LogP contribution is -2.44. The van der Waals surface area contributed by atoms with Crippen LogP contribution in [0.25, 0.3) is 0 Å². The topological polar surface area (TPSA) is 63.5 Å². The molecular weight excluding hydrogens is 256 g/mol. The van der Waals surface area contributed by atoms with Crippen molar-refractivity contribution in [2.24, 2.45) is 0 Å². The molecule has 1 aromatic carbocycles. The molecule has 0 saturated carbocycles. The van der Waals surface area contributed by atoms with E-state index in [2.05, 4.69) is 11.4 Å². The third kappa shape index (κ3) is 3.34. The normalized spacial score (nSPS) is 17.1. The lowest BCUT2D eigenvalue weighted by atomic mass is 9.96. The highest BCUT2D eigenvalue weighted by Gasteiger charge is 2.26. The smallest absolute Gasteiger partial charge is 0.231 e. The van der Waals surface area contributed by atoms with Gasteiger partial charge < -0.3 is 14.2 Å². The molecule has 0 amide bonds. The number of fused-ring (bicyclic) bond motifs is 1. The minimum Gasteiger partial charge on any atom is -0.490 e. The van der Waals surface area contributed by atoms with Crippen molar-refractivity contribution in [3.05, 3.63) is 18.2 Å². The van der Waals surface area contributed by atoms with Gasteiger partial charge in [0.25, 0.3) is 0 Å². The van der Waals surface area contributed by atoms with Gasteiger partial charge in [0.05, 0.1) is 12.2 Å². The molecule has 0 radical (unpaired) electrons. The number of benzene rings is 1. The molecule has 0 aliphatic carbocycles. The average molecular weight is 276 g/mol. The zero-order chi connectivity index (χ0) is 14.6. The second-order valence-corrected chi connectivity index (χ2v) is 5.12. The highest BCUT2D eigenvalue weighted by atomic mass is 16.7. The third-order valence-corrected chi connectivity index (χ3v) is 3.19. The molecule has 2 atom stereocenters. The molecule has 5 nitrogen and oxygen atoms in total. The monoisotopic (exact) mass is 276 g/mol. The number of ether oxygens (including phenoxy) is 3. The molecule has 1 aromatic rings. The van der Waals surface area contributed by atoms with Crippen LogP contribution in [0.3, 0.4) is 0 Å². The van der Waals surface area contributed by atoms with E-state index in [1.165, 1.54) is 0 Å². The number of nitriles is 1. The van der Waals surface area contributed by atoms with Crippen LogP contribution < -0.4 is 19.5 Å². The van der Waals surface area contributed by atoms with Gasteiger partial charge in [-0.2, -0.15) is 5.26 Å². The second-order valence-electron chi connectivity index (χ2n) is 5.12. The first-order valence-corrected chi connectivity index (χ1v) is 6.79. The summed E-state index contributed by atoms with van der Waals surface area (Å²) in [6, 6.07) is 7.80. The quantitative estimate of drug-likeness (QED) is 0.864. The van der Waals surface area contributed by atoms with Gasteiger partial charge in [0.2, 0.25) is 6.79 Å². The Labute approximate surface area is 119 Å². The van der Waals surface area contributed by atoms with Crippen molar-refractivity contribution in [3.63, 3.8) is 0 Å². The second kappa shape index (κ2) is 6.02. The fourth-order valence-corrected chi connectivity index (χ4v) is 2.35. The van der Waals surface area contributed by atoms with Crippen molar-refractivity contribution in [2.75, 3.05) is 13.3 Å². The van der Waals surface area contributed by atoms with Crippen molar-refractivity contribution >= 4 is 0 Å². The lowest BCUT2D eigenvalue weighted by Gasteiger charge is -2.26. The van der Waals surface area contributed by atoms with E-state index in [0.29, 0.717) is 12.2 Å². The van der Waals surface area contributed by atoms with E-state index in [1.54, 1.807) is 0 Å². The molecule has 0 fully saturated rings. The fraction of sp³-hybridized carbons (Fsp3) is 0.533. The minimum absolute atomic E-state index is 0.0842. The van der Waals surface area contributed by atoms with Crippen LogP contribution in [0.5, 0.6) is 17.2 Å². The van der Waals surface area contributed by atoms with E-state index in [1.807, 2.05) is 39.0 Å². The maximum absolute atomic E-state index is 9.25. The summed E-state index contributed by atoms with van der Waals surface area (Å²) in [5.74, 6) is 2.16. The van der Waals surface area contributed by atoms with Crippen molar-refractivity contribution in [1.29, 1.82) is 5.26 Å². The van der Waals surface area contributed by atoms with Crippen LogP contribution in [-0.2, 0) is 0 Å². The minimum atomic E-state index is -0.579. The van der Waals surface area contributed by atoms with Crippen molar-refractivity contribution in [2.45, 2.75) is 38.8 Å². The number of nitrogens with zero attached hydrogens (tertiary/aromatic N) is 1. The van der Waals surface area contributed by atoms with Gasteiger partial charge in [0.1, 0.15) is 11.3 Å². The maximum Gasteiger partial charge on any atom is 0.231 e. The summed E-state index contributed by atoms with van der Waals surface area (Å²) in [5, 5.41) is 12.4. The molecule has 0 bridgehead atoms. The lowest BCUT2D eigenvalue weighted by molar-refractivity contribution is 0.172. The predicted octanol–water partition coefficient (Wildman–Crippen LogP) is 2.46. The van der Waals surface area contributed by atoms with Crippen molar-refractivity contribution in [3.8, 4) is 23.3 Å². The van der Waals surface area contributed by atoms with Gasteiger partial charge in [0, 0.05) is 12.5 Å². The summed E-state index contributed by atoms with van der Waals surface area (Å²) < 4.78 is 16.4. The maximum atomic E-state index is 9.25. The van der Waals surface area contributed by atoms with E-state index in [9.17, 15) is 5.26 Å². The van der Waals surface area contributed by atoms with Gasteiger partial charge in [-0.1, -0.05) is 6.92 Å². The van der Waals surface area contributed by atoms with Crippen LogP contribution in [0, 0.1) is 11.3 Å². The van der Waals surface area contributed by atoms with Crippen LogP contribution in [0.15, 0.2) is 18.2 Å². The van der Waals surface area contributed by atoms with Gasteiger partial charge in [-0.25, -0.2) is 0 Å². The van der Waals surface area contributed by atoms with Crippen LogP contribution in [0.2, 0.25) is 0 Å².